The highest BCUT2D eigenvalue weighted by atomic mass is 16.2. The molecule has 136 valence electrons. The molecule has 2 amide bonds. The van der Waals surface area contributed by atoms with E-state index in [1.54, 1.807) is 0 Å². The number of hydrogen-bond donors (Lipinski definition) is 1. The third-order valence-corrected chi connectivity index (χ3v) is 5.52. The second kappa shape index (κ2) is 7.08. The number of likely N-dealkylation sites (tertiary alicyclic amines) is 1. The van der Waals surface area contributed by atoms with Crippen LogP contribution in [-0.2, 0) is 4.79 Å². The number of nitrogens with one attached hydrogen (secondary N) is 1. The minimum absolute atomic E-state index is 0.0486. The van der Waals surface area contributed by atoms with Gasteiger partial charge in [0.05, 0.1) is 5.69 Å². The van der Waals surface area contributed by atoms with Crippen molar-refractivity contribution < 1.29 is 9.59 Å². The Labute approximate surface area is 154 Å². The van der Waals surface area contributed by atoms with Gasteiger partial charge in [0.2, 0.25) is 5.91 Å². The molecule has 4 rings (SSSR count). The van der Waals surface area contributed by atoms with E-state index in [0.29, 0.717) is 25.4 Å². The Bertz CT molecular complexity index is 835. The largest absolute Gasteiger partial charge is 0.353 e. The first-order valence-corrected chi connectivity index (χ1v) is 9.45. The Morgan fingerprint density at radius 1 is 1.15 bits per heavy atom. The predicted octanol–water partition coefficient (Wildman–Crippen LogP) is 2.79. The quantitative estimate of drug-likeness (QED) is 0.901. The Kier molecular flexibility index (Phi) is 4.64. The first-order chi connectivity index (χ1) is 12.6. The maximum Gasteiger partial charge on any atom is 0.258 e. The summed E-state index contributed by atoms with van der Waals surface area (Å²) in [6.07, 6.45) is 3.17. The minimum atomic E-state index is 0.0486. The van der Waals surface area contributed by atoms with Crippen LogP contribution in [0, 0.1) is 0 Å². The van der Waals surface area contributed by atoms with E-state index in [4.69, 9.17) is 0 Å². The molecule has 0 bridgehead atoms. The number of benzene rings is 2. The Morgan fingerprint density at radius 2 is 1.88 bits per heavy atom. The van der Waals surface area contributed by atoms with Crippen LogP contribution in [0.15, 0.2) is 36.4 Å². The van der Waals surface area contributed by atoms with Gasteiger partial charge < -0.3 is 15.1 Å². The number of hydrogen-bond acceptors (Lipinski definition) is 3. The van der Waals surface area contributed by atoms with Crippen molar-refractivity contribution in [1.29, 1.82) is 0 Å². The highest BCUT2D eigenvalue weighted by molar-refractivity contribution is 6.25. The van der Waals surface area contributed by atoms with Crippen molar-refractivity contribution >= 4 is 28.3 Å². The molecule has 2 aromatic rings. The number of amides is 2. The molecule has 1 fully saturated rings. The van der Waals surface area contributed by atoms with Crippen LogP contribution >= 0.6 is 0 Å². The summed E-state index contributed by atoms with van der Waals surface area (Å²) in [5.74, 6) is 0.148. The molecule has 0 spiro atoms. The van der Waals surface area contributed by atoms with Crippen LogP contribution in [0.3, 0.4) is 0 Å². The topological polar surface area (TPSA) is 52.7 Å². The van der Waals surface area contributed by atoms with Gasteiger partial charge in [0.25, 0.3) is 5.91 Å². The molecule has 0 atom stereocenters. The molecule has 0 saturated carbocycles. The van der Waals surface area contributed by atoms with Gasteiger partial charge in [0.15, 0.2) is 0 Å². The van der Waals surface area contributed by atoms with E-state index in [1.165, 1.54) is 0 Å². The van der Waals surface area contributed by atoms with Crippen LogP contribution in [-0.4, -0.2) is 49.4 Å². The van der Waals surface area contributed by atoms with Crippen LogP contribution in [0.5, 0.6) is 0 Å². The van der Waals surface area contributed by atoms with Crippen molar-refractivity contribution in [3.63, 3.8) is 0 Å². The van der Waals surface area contributed by atoms with E-state index >= 15 is 0 Å². The smallest absolute Gasteiger partial charge is 0.258 e. The fraction of sp³-hybridized carbons (Fsp3) is 0.429. The third-order valence-electron chi connectivity index (χ3n) is 5.52. The highest BCUT2D eigenvalue weighted by Gasteiger charge is 2.29. The normalized spacial score (nSPS) is 17.9. The first-order valence-electron chi connectivity index (χ1n) is 9.45. The van der Waals surface area contributed by atoms with E-state index in [9.17, 15) is 9.59 Å². The number of anilines is 1. The van der Waals surface area contributed by atoms with Gasteiger partial charge in [-0.3, -0.25) is 9.59 Å². The van der Waals surface area contributed by atoms with Crippen molar-refractivity contribution in [2.45, 2.75) is 31.7 Å². The molecule has 0 unspecified atom stereocenters. The lowest BCUT2D eigenvalue weighted by atomic mass is 10.1. The van der Waals surface area contributed by atoms with Gasteiger partial charge in [-0.25, -0.2) is 0 Å². The van der Waals surface area contributed by atoms with Crippen molar-refractivity contribution in [3.05, 3.63) is 42.0 Å². The summed E-state index contributed by atoms with van der Waals surface area (Å²) in [6.45, 7) is 2.65. The standard InChI is InChI=1S/C21H25N3O2/c1-23-13-10-16(11-14-23)22-19(25)9-4-12-24-18-8-3-6-15-5-2-7-17(20(15)18)21(24)26/h2-3,5-8,16H,4,9-14H2,1H3,(H,22,25). The molecule has 5 heteroatoms. The van der Waals surface area contributed by atoms with E-state index in [1.807, 2.05) is 41.3 Å². The van der Waals surface area contributed by atoms with Gasteiger partial charge in [-0.15, -0.1) is 0 Å². The lowest BCUT2D eigenvalue weighted by Gasteiger charge is -2.29. The maximum absolute atomic E-state index is 12.7. The number of nitrogens with zero attached hydrogens (tertiary/aromatic N) is 2. The number of piperidine rings is 1. The summed E-state index contributed by atoms with van der Waals surface area (Å²) in [5.41, 5.74) is 1.74. The zero-order valence-corrected chi connectivity index (χ0v) is 15.2. The molecule has 0 radical (unpaired) electrons. The SMILES string of the molecule is CN1CCC(NC(=O)CCCN2C(=O)c3cccc4cccc2c34)CC1. The van der Waals surface area contributed by atoms with E-state index in [0.717, 1.165) is 48.0 Å². The van der Waals surface area contributed by atoms with E-state index in [2.05, 4.69) is 17.3 Å². The van der Waals surface area contributed by atoms with Gasteiger partial charge in [0.1, 0.15) is 0 Å². The van der Waals surface area contributed by atoms with Crippen molar-refractivity contribution in [3.8, 4) is 0 Å². The summed E-state index contributed by atoms with van der Waals surface area (Å²) >= 11 is 0. The molecule has 5 nitrogen and oxygen atoms in total. The monoisotopic (exact) mass is 351 g/mol. The van der Waals surface area contributed by atoms with E-state index in [-0.39, 0.29) is 11.8 Å². The van der Waals surface area contributed by atoms with Crippen LogP contribution in [0.4, 0.5) is 5.69 Å². The van der Waals surface area contributed by atoms with Gasteiger partial charge in [-0.05, 0) is 56.9 Å². The van der Waals surface area contributed by atoms with Crippen molar-refractivity contribution in [2.24, 2.45) is 0 Å². The van der Waals surface area contributed by atoms with Gasteiger partial charge in [-0.1, -0.05) is 24.3 Å². The predicted molar refractivity (Wildman–Crippen MR) is 104 cm³/mol. The van der Waals surface area contributed by atoms with Gasteiger partial charge in [-0.2, -0.15) is 0 Å². The summed E-state index contributed by atoms with van der Waals surface area (Å²) in [4.78, 5) is 29.1. The average Bonchev–Trinajstić information content (AvgIpc) is 2.92. The molecule has 2 aromatic carbocycles. The Hall–Kier alpha value is -2.40. The summed E-state index contributed by atoms with van der Waals surface area (Å²) in [5, 5.41) is 5.27. The summed E-state index contributed by atoms with van der Waals surface area (Å²) in [7, 11) is 2.11. The second-order valence-corrected chi connectivity index (χ2v) is 7.39. The lowest BCUT2D eigenvalue weighted by Crippen LogP contribution is -2.43. The number of carbonyl (C=O) groups excluding carboxylic acids is 2. The Morgan fingerprint density at radius 3 is 2.65 bits per heavy atom. The van der Waals surface area contributed by atoms with Gasteiger partial charge in [0, 0.05) is 30.0 Å². The summed E-state index contributed by atoms with van der Waals surface area (Å²) < 4.78 is 0. The maximum atomic E-state index is 12.7. The average molecular weight is 351 g/mol. The zero-order chi connectivity index (χ0) is 18.1. The summed E-state index contributed by atoms with van der Waals surface area (Å²) in [6, 6.07) is 12.2. The molecule has 2 aliphatic heterocycles. The zero-order valence-electron chi connectivity index (χ0n) is 15.2. The molecule has 1 N–H and O–H groups in total. The second-order valence-electron chi connectivity index (χ2n) is 7.39. The molecular weight excluding hydrogens is 326 g/mol. The van der Waals surface area contributed by atoms with Crippen LogP contribution in [0.25, 0.3) is 10.8 Å². The lowest BCUT2D eigenvalue weighted by molar-refractivity contribution is -0.122. The molecule has 2 aliphatic rings. The van der Waals surface area contributed by atoms with E-state index < -0.39 is 0 Å². The number of rotatable bonds is 5. The van der Waals surface area contributed by atoms with Crippen molar-refractivity contribution in [1.82, 2.24) is 10.2 Å². The first kappa shape index (κ1) is 17.0. The van der Waals surface area contributed by atoms with Crippen LogP contribution in [0.2, 0.25) is 0 Å². The fourth-order valence-electron chi connectivity index (χ4n) is 4.05. The van der Waals surface area contributed by atoms with Crippen molar-refractivity contribution in [2.75, 3.05) is 31.6 Å². The third kappa shape index (κ3) is 3.19. The molecule has 0 aliphatic carbocycles. The minimum Gasteiger partial charge on any atom is -0.353 e. The fourth-order valence-corrected chi connectivity index (χ4v) is 4.05. The molecule has 1 saturated heterocycles. The van der Waals surface area contributed by atoms with Crippen LogP contribution < -0.4 is 10.2 Å². The highest BCUT2D eigenvalue weighted by Crippen LogP contribution is 2.37. The van der Waals surface area contributed by atoms with Gasteiger partial charge >= 0.3 is 0 Å². The molecular formula is C21H25N3O2. The molecule has 2 heterocycles. The molecule has 0 aromatic heterocycles. The Balaban J connectivity index is 1.34. The molecule has 26 heavy (non-hydrogen) atoms. The van der Waals surface area contributed by atoms with Crippen LogP contribution in [0.1, 0.15) is 36.0 Å². The number of carbonyl (C=O) groups is 2.